The third-order valence-corrected chi connectivity index (χ3v) is 5.44. The highest BCUT2D eigenvalue weighted by Crippen LogP contribution is 2.29. The monoisotopic (exact) mass is 406 g/mol. The van der Waals surface area contributed by atoms with Gasteiger partial charge in [-0.15, -0.1) is 0 Å². The molecule has 1 saturated carbocycles. The van der Waals surface area contributed by atoms with Gasteiger partial charge < -0.3 is 4.74 Å². The van der Waals surface area contributed by atoms with Crippen molar-refractivity contribution in [1.82, 2.24) is 0 Å². The molecule has 30 heavy (non-hydrogen) atoms. The molecule has 1 amide bonds. The van der Waals surface area contributed by atoms with Crippen LogP contribution < -0.4 is 9.75 Å². The molecule has 0 bridgehead atoms. The van der Waals surface area contributed by atoms with Crippen molar-refractivity contribution in [2.24, 2.45) is 16.0 Å². The highest BCUT2D eigenvalue weighted by molar-refractivity contribution is 6.29. The third-order valence-electron chi connectivity index (χ3n) is 5.44. The Bertz CT molecular complexity index is 993. The summed E-state index contributed by atoms with van der Waals surface area (Å²) in [4.78, 5) is 28.3. The summed E-state index contributed by atoms with van der Waals surface area (Å²) in [5.74, 6) is -0.113. The van der Waals surface area contributed by atoms with Gasteiger partial charge in [0.05, 0.1) is 23.4 Å². The van der Waals surface area contributed by atoms with Gasteiger partial charge in [-0.3, -0.25) is 19.9 Å². The molecule has 2 aliphatic rings. The first-order valence-corrected chi connectivity index (χ1v) is 9.91. The van der Waals surface area contributed by atoms with Gasteiger partial charge in [-0.25, -0.2) is 0 Å². The van der Waals surface area contributed by atoms with Gasteiger partial charge in [-0.1, -0.05) is 12.8 Å². The lowest BCUT2D eigenvalue weighted by Crippen LogP contribution is -2.29. The van der Waals surface area contributed by atoms with Crippen molar-refractivity contribution in [2.75, 3.05) is 12.1 Å². The molecule has 0 N–H and O–H groups in total. The minimum Gasteiger partial charge on any atom is -0.497 e. The summed E-state index contributed by atoms with van der Waals surface area (Å²) in [6.07, 6.45) is 6.12. The highest BCUT2D eigenvalue weighted by Gasteiger charge is 2.36. The fraction of sp³-hybridized carbons (Fsp3) is 0.318. The van der Waals surface area contributed by atoms with Crippen molar-refractivity contribution in [1.29, 1.82) is 0 Å². The highest BCUT2D eigenvalue weighted by atomic mass is 16.6. The summed E-state index contributed by atoms with van der Waals surface area (Å²) >= 11 is 0. The van der Waals surface area contributed by atoms with E-state index in [1.165, 1.54) is 29.3 Å². The standard InChI is InChI=1S/C22H22N4O4/c1-30-19-12-6-15(7-13-19)21-20(14-23-16-4-2-3-5-16)22(27)25(24-21)17-8-10-18(11-9-17)26(28)29/h6-14,16,20H,2-5H2,1H3/t20-/m1/s1. The number of methoxy groups -OCH3 is 1. The van der Waals surface area contributed by atoms with Gasteiger partial charge in [0.2, 0.25) is 0 Å². The minimum absolute atomic E-state index is 0.0379. The Kier molecular flexibility index (Phi) is 5.56. The van der Waals surface area contributed by atoms with Crippen LogP contribution >= 0.6 is 0 Å². The fourth-order valence-corrected chi connectivity index (χ4v) is 3.76. The smallest absolute Gasteiger partial charge is 0.269 e. The number of carbonyl (C=O) groups is 1. The van der Waals surface area contributed by atoms with Crippen LogP contribution in [0.2, 0.25) is 0 Å². The van der Waals surface area contributed by atoms with Crippen LogP contribution in [-0.4, -0.2) is 35.9 Å². The molecule has 0 unspecified atom stereocenters. The largest absolute Gasteiger partial charge is 0.497 e. The van der Waals surface area contributed by atoms with Gasteiger partial charge in [0.15, 0.2) is 0 Å². The predicted octanol–water partition coefficient (Wildman–Crippen LogP) is 3.98. The Morgan fingerprint density at radius 3 is 2.40 bits per heavy atom. The molecule has 2 aromatic rings. The number of benzene rings is 2. The number of ether oxygens (including phenoxy) is 1. The lowest BCUT2D eigenvalue weighted by molar-refractivity contribution is -0.384. The molecule has 8 nitrogen and oxygen atoms in total. The van der Waals surface area contributed by atoms with Crippen LogP contribution in [0.25, 0.3) is 0 Å². The number of nitro groups is 1. The zero-order chi connectivity index (χ0) is 21.1. The molecular weight excluding hydrogens is 384 g/mol. The molecule has 0 aromatic heterocycles. The maximum atomic E-state index is 13.2. The van der Waals surface area contributed by atoms with Crippen molar-refractivity contribution in [2.45, 2.75) is 31.7 Å². The van der Waals surface area contributed by atoms with Crippen molar-refractivity contribution < 1.29 is 14.5 Å². The molecule has 1 atom stereocenters. The second kappa shape index (κ2) is 8.44. The summed E-state index contributed by atoms with van der Waals surface area (Å²) < 4.78 is 5.22. The molecule has 1 heterocycles. The Labute approximate surface area is 174 Å². The van der Waals surface area contributed by atoms with E-state index in [0.29, 0.717) is 17.1 Å². The average Bonchev–Trinajstić information content (AvgIpc) is 3.40. The van der Waals surface area contributed by atoms with Crippen LogP contribution in [0.4, 0.5) is 11.4 Å². The molecule has 154 valence electrons. The van der Waals surface area contributed by atoms with Crippen LogP contribution in [0, 0.1) is 16.0 Å². The van der Waals surface area contributed by atoms with Gasteiger partial charge in [-0.05, 0) is 54.8 Å². The first kappa shape index (κ1) is 19.8. The quantitative estimate of drug-likeness (QED) is 0.412. The molecule has 1 fully saturated rings. The molecule has 1 aliphatic carbocycles. The summed E-state index contributed by atoms with van der Waals surface area (Å²) in [6.45, 7) is 0. The van der Waals surface area contributed by atoms with Crippen molar-refractivity contribution in [3.8, 4) is 5.75 Å². The second-order valence-electron chi connectivity index (χ2n) is 7.35. The molecule has 1 aliphatic heterocycles. The van der Waals surface area contributed by atoms with E-state index in [0.717, 1.165) is 31.2 Å². The second-order valence-corrected chi connectivity index (χ2v) is 7.35. The summed E-state index contributed by atoms with van der Waals surface area (Å²) in [5.41, 5.74) is 1.84. The number of rotatable bonds is 6. The number of hydrogen-bond acceptors (Lipinski definition) is 6. The summed E-state index contributed by atoms with van der Waals surface area (Å²) in [5, 5.41) is 16.8. The van der Waals surface area contributed by atoms with Crippen molar-refractivity contribution in [3.63, 3.8) is 0 Å². The topological polar surface area (TPSA) is 97.4 Å². The number of nitrogens with zero attached hydrogens (tertiary/aromatic N) is 4. The van der Waals surface area contributed by atoms with Crippen molar-refractivity contribution >= 4 is 29.2 Å². The van der Waals surface area contributed by atoms with Crippen molar-refractivity contribution in [3.05, 3.63) is 64.2 Å². The lowest BCUT2D eigenvalue weighted by Gasteiger charge is -2.12. The zero-order valence-electron chi connectivity index (χ0n) is 16.6. The number of nitro benzene ring substituents is 1. The molecule has 4 rings (SSSR count). The first-order chi connectivity index (χ1) is 14.6. The Balaban J connectivity index is 1.67. The van der Waals surface area contributed by atoms with E-state index in [-0.39, 0.29) is 17.6 Å². The normalized spacial score (nSPS) is 19.5. The van der Waals surface area contributed by atoms with E-state index in [1.807, 2.05) is 24.3 Å². The number of non-ortho nitro benzene ring substituents is 1. The number of aliphatic imine (C=N–C) groups is 1. The maximum Gasteiger partial charge on any atom is 0.269 e. The summed E-state index contributed by atoms with van der Waals surface area (Å²) in [7, 11) is 1.60. The van der Waals surface area contributed by atoms with Gasteiger partial charge in [0.1, 0.15) is 11.7 Å². The Morgan fingerprint density at radius 1 is 1.13 bits per heavy atom. The molecule has 0 radical (unpaired) electrons. The third kappa shape index (κ3) is 3.94. The SMILES string of the molecule is COc1ccc(C2=NN(c3ccc([N+](=O)[O-])cc3)C(=O)[C@@H]2C=NC2CCCC2)cc1. The van der Waals surface area contributed by atoms with Gasteiger partial charge in [0.25, 0.3) is 11.6 Å². The molecule has 8 heteroatoms. The fourth-order valence-electron chi connectivity index (χ4n) is 3.76. The number of anilines is 1. The van der Waals surface area contributed by atoms with Crippen LogP contribution in [0.15, 0.2) is 58.6 Å². The number of hydrogen-bond donors (Lipinski definition) is 0. The number of carbonyl (C=O) groups excluding carboxylic acids is 1. The van der Waals surface area contributed by atoms with Crippen LogP contribution in [0.1, 0.15) is 31.2 Å². The zero-order valence-corrected chi connectivity index (χ0v) is 16.6. The minimum atomic E-state index is -0.603. The van der Waals surface area contributed by atoms with E-state index in [2.05, 4.69) is 10.1 Å². The number of hydrazone groups is 1. The molecule has 0 spiro atoms. The van der Waals surface area contributed by atoms with E-state index < -0.39 is 10.8 Å². The van der Waals surface area contributed by atoms with E-state index in [1.54, 1.807) is 13.3 Å². The van der Waals surface area contributed by atoms with E-state index in [9.17, 15) is 14.9 Å². The summed E-state index contributed by atoms with van der Waals surface area (Å²) in [6, 6.07) is 13.4. The van der Waals surface area contributed by atoms with Gasteiger partial charge in [0, 0.05) is 24.4 Å². The molecular formula is C22H22N4O4. The van der Waals surface area contributed by atoms with Gasteiger partial charge in [-0.2, -0.15) is 10.1 Å². The van der Waals surface area contributed by atoms with E-state index >= 15 is 0 Å². The maximum absolute atomic E-state index is 13.2. The van der Waals surface area contributed by atoms with Crippen LogP contribution in [0.5, 0.6) is 5.75 Å². The van der Waals surface area contributed by atoms with E-state index in [4.69, 9.17) is 4.74 Å². The van der Waals surface area contributed by atoms with Crippen LogP contribution in [-0.2, 0) is 4.79 Å². The predicted molar refractivity (Wildman–Crippen MR) is 114 cm³/mol. The molecule has 2 aromatic carbocycles. The average molecular weight is 406 g/mol. The Hall–Kier alpha value is -3.55. The Morgan fingerprint density at radius 2 is 1.80 bits per heavy atom. The lowest BCUT2D eigenvalue weighted by atomic mass is 9.97. The first-order valence-electron chi connectivity index (χ1n) is 9.91. The van der Waals surface area contributed by atoms with Gasteiger partial charge >= 0.3 is 0 Å². The van der Waals surface area contributed by atoms with Crippen LogP contribution in [0.3, 0.4) is 0 Å². The molecule has 0 saturated heterocycles. The number of amides is 1.